The van der Waals surface area contributed by atoms with Crippen molar-refractivity contribution in [2.24, 2.45) is 0 Å². The lowest BCUT2D eigenvalue weighted by atomic mass is 10.1. The molecule has 2 amide bonds. The van der Waals surface area contributed by atoms with Gasteiger partial charge in [0, 0.05) is 22.0 Å². The number of halogens is 1. The number of hydrogen-bond acceptors (Lipinski definition) is 4. The van der Waals surface area contributed by atoms with Gasteiger partial charge in [-0.05, 0) is 29.8 Å². The van der Waals surface area contributed by atoms with Crippen LogP contribution in [-0.4, -0.2) is 17.6 Å². The van der Waals surface area contributed by atoms with E-state index in [-0.39, 0.29) is 18.9 Å². The molecule has 3 aromatic rings. The van der Waals surface area contributed by atoms with Crippen LogP contribution in [0.25, 0.3) is 0 Å². The summed E-state index contributed by atoms with van der Waals surface area (Å²) in [5, 5.41) is 5.72. The monoisotopic (exact) mass is 412 g/mol. The lowest BCUT2D eigenvalue weighted by Crippen LogP contribution is -2.39. The molecule has 2 N–H and O–H groups in total. The summed E-state index contributed by atoms with van der Waals surface area (Å²) in [7, 11) is 0. The molecule has 0 atom stereocenters. The Morgan fingerprint density at radius 3 is 2.11 bits per heavy atom. The van der Waals surface area contributed by atoms with Crippen molar-refractivity contribution in [2.45, 2.75) is 13.1 Å². The van der Waals surface area contributed by atoms with E-state index < -0.39 is 11.8 Å². The molecule has 0 aliphatic rings. The Morgan fingerprint density at radius 2 is 1.43 bits per heavy atom. The largest absolute Gasteiger partial charge is 0.344 e. The van der Waals surface area contributed by atoms with Gasteiger partial charge in [-0.1, -0.05) is 54.1 Å². The first-order valence-corrected chi connectivity index (χ1v) is 9.71. The number of rotatable bonds is 6. The van der Waals surface area contributed by atoms with Crippen LogP contribution in [0.3, 0.4) is 0 Å². The fourth-order valence-electron chi connectivity index (χ4n) is 2.44. The molecule has 28 heavy (non-hydrogen) atoms. The Bertz CT molecular complexity index is 984. The number of nitrogens with one attached hydrogen (secondary N) is 2. The van der Waals surface area contributed by atoms with Crippen LogP contribution in [0.1, 0.15) is 25.7 Å². The van der Waals surface area contributed by atoms with Crippen molar-refractivity contribution in [3.05, 3.63) is 92.6 Å². The second kappa shape index (κ2) is 9.30. The van der Waals surface area contributed by atoms with Crippen molar-refractivity contribution in [1.82, 2.24) is 10.6 Å². The molecule has 0 fully saturated rings. The minimum atomic E-state index is -0.724. The van der Waals surface area contributed by atoms with E-state index in [9.17, 15) is 14.4 Å². The highest BCUT2D eigenvalue weighted by Gasteiger charge is 2.15. The Labute approximate surface area is 171 Å². The van der Waals surface area contributed by atoms with Crippen molar-refractivity contribution in [1.29, 1.82) is 0 Å². The molecular formula is C21H17ClN2O3S. The summed E-state index contributed by atoms with van der Waals surface area (Å²) in [6, 6.07) is 19.5. The van der Waals surface area contributed by atoms with E-state index in [0.29, 0.717) is 15.5 Å². The van der Waals surface area contributed by atoms with Crippen LogP contribution in [0.2, 0.25) is 5.02 Å². The summed E-state index contributed by atoms with van der Waals surface area (Å²) in [6.07, 6.45) is 0. The van der Waals surface area contributed by atoms with E-state index in [1.165, 1.54) is 11.3 Å². The predicted octanol–water partition coefficient (Wildman–Crippen LogP) is 3.57. The molecule has 0 radical (unpaired) electrons. The van der Waals surface area contributed by atoms with E-state index in [2.05, 4.69) is 10.6 Å². The van der Waals surface area contributed by atoms with Gasteiger partial charge in [0.1, 0.15) is 0 Å². The average molecular weight is 413 g/mol. The van der Waals surface area contributed by atoms with Gasteiger partial charge in [-0.25, -0.2) is 0 Å². The van der Waals surface area contributed by atoms with Crippen molar-refractivity contribution in [2.75, 3.05) is 0 Å². The number of benzene rings is 2. The molecule has 0 spiro atoms. The number of thiophene rings is 1. The Morgan fingerprint density at radius 1 is 0.786 bits per heavy atom. The standard InChI is InChI=1S/C21H17ClN2O3S/c22-16-8-6-14(7-9-16)12-23-20(26)21(27)24-13-17-10-11-18(28-17)19(25)15-4-2-1-3-5-15/h1-11H,12-13H2,(H,23,26)(H,24,27). The Balaban J connectivity index is 1.49. The van der Waals surface area contributed by atoms with Gasteiger partial charge in [-0.3, -0.25) is 14.4 Å². The van der Waals surface area contributed by atoms with Gasteiger partial charge in [0.05, 0.1) is 11.4 Å². The fraction of sp³-hybridized carbons (Fsp3) is 0.0952. The number of carbonyl (C=O) groups excluding carboxylic acids is 3. The second-order valence-corrected chi connectivity index (χ2v) is 7.56. The molecule has 2 aromatic carbocycles. The normalized spacial score (nSPS) is 10.3. The van der Waals surface area contributed by atoms with Crippen molar-refractivity contribution < 1.29 is 14.4 Å². The first kappa shape index (κ1) is 19.8. The van der Waals surface area contributed by atoms with Gasteiger partial charge in [-0.15, -0.1) is 11.3 Å². The van der Waals surface area contributed by atoms with Gasteiger partial charge in [-0.2, -0.15) is 0 Å². The first-order chi connectivity index (χ1) is 13.5. The van der Waals surface area contributed by atoms with Crippen LogP contribution >= 0.6 is 22.9 Å². The number of carbonyl (C=O) groups is 3. The maximum Gasteiger partial charge on any atom is 0.309 e. The molecule has 1 heterocycles. The molecule has 0 saturated carbocycles. The van der Waals surface area contributed by atoms with Gasteiger partial charge in [0.15, 0.2) is 0 Å². The van der Waals surface area contributed by atoms with Crippen LogP contribution in [0, 0.1) is 0 Å². The summed E-state index contributed by atoms with van der Waals surface area (Å²) < 4.78 is 0. The topological polar surface area (TPSA) is 75.3 Å². The maximum atomic E-state index is 12.4. The molecule has 0 bridgehead atoms. The highest BCUT2D eigenvalue weighted by atomic mass is 35.5. The van der Waals surface area contributed by atoms with E-state index >= 15 is 0 Å². The second-order valence-electron chi connectivity index (χ2n) is 5.95. The van der Waals surface area contributed by atoms with Crippen LogP contribution in [-0.2, 0) is 22.7 Å². The van der Waals surface area contributed by atoms with Gasteiger partial charge in [0.25, 0.3) is 0 Å². The molecule has 142 valence electrons. The van der Waals surface area contributed by atoms with Crippen molar-refractivity contribution >= 4 is 40.5 Å². The third-order valence-electron chi connectivity index (χ3n) is 3.92. The van der Waals surface area contributed by atoms with Crippen LogP contribution in [0.5, 0.6) is 0 Å². The van der Waals surface area contributed by atoms with E-state index in [4.69, 9.17) is 11.6 Å². The molecule has 0 aliphatic heterocycles. The smallest absolute Gasteiger partial charge is 0.309 e. The fourth-order valence-corrected chi connectivity index (χ4v) is 3.47. The SMILES string of the molecule is O=C(NCc1ccc(Cl)cc1)C(=O)NCc1ccc(C(=O)c2ccccc2)s1. The van der Waals surface area contributed by atoms with Crippen molar-refractivity contribution in [3.63, 3.8) is 0 Å². The average Bonchev–Trinajstić information content (AvgIpc) is 3.20. The molecule has 7 heteroatoms. The van der Waals surface area contributed by atoms with Gasteiger partial charge < -0.3 is 10.6 Å². The summed E-state index contributed by atoms with van der Waals surface area (Å²) in [5.74, 6) is -1.51. The molecule has 0 aliphatic carbocycles. The highest BCUT2D eigenvalue weighted by molar-refractivity contribution is 7.14. The Hall–Kier alpha value is -2.96. The summed E-state index contributed by atoms with van der Waals surface area (Å²) in [4.78, 5) is 37.6. The van der Waals surface area contributed by atoms with Gasteiger partial charge in [0.2, 0.25) is 5.78 Å². The lowest BCUT2D eigenvalue weighted by Gasteiger charge is -2.06. The third-order valence-corrected chi connectivity index (χ3v) is 5.25. The molecule has 1 aromatic heterocycles. The van der Waals surface area contributed by atoms with E-state index in [0.717, 1.165) is 10.4 Å². The molecule has 3 rings (SSSR count). The quantitative estimate of drug-likeness (QED) is 0.480. The zero-order valence-electron chi connectivity index (χ0n) is 14.8. The molecule has 5 nitrogen and oxygen atoms in total. The molecular weight excluding hydrogens is 396 g/mol. The van der Waals surface area contributed by atoms with Crippen LogP contribution < -0.4 is 10.6 Å². The number of hydrogen-bond donors (Lipinski definition) is 2. The maximum absolute atomic E-state index is 12.4. The minimum Gasteiger partial charge on any atom is -0.344 e. The molecule has 0 unspecified atom stereocenters. The zero-order valence-corrected chi connectivity index (χ0v) is 16.3. The predicted molar refractivity (Wildman–Crippen MR) is 109 cm³/mol. The molecule has 0 saturated heterocycles. The third kappa shape index (κ3) is 5.28. The first-order valence-electron chi connectivity index (χ1n) is 8.52. The summed E-state index contributed by atoms with van der Waals surface area (Å²) in [6.45, 7) is 0.415. The lowest BCUT2D eigenvalue weighted by molar-refractivity contribution is -0.139. The zero-order chi connectivity index (χ0) is 19.9. The van der Waals surface area contributed by atoms with Crippen LogP contribution in [0.15, 0.2) is 66.7 Å². The number of ketones is 1. The highest BCUT2D eigenvalue weighted by Crippen LogP contribution is 2.20. The Kier molecular flexibility index (Phi) is 6.57. The van der Waals surface area contributed by atoms with Crippen molar-refractivity contribution in [3.8, 4) is 0 Å². The summed E-state index contributed by atoms with van der Waals surface area (Å²) in [5.41, 5.74) is 1.45. The summed E-state index contributed by atoms with van der Waals surface area (Å²) >= 11 is 7.10. The number of amides is 2. The van der Waals surface area contributed by atoms with E-state index in [1.54, 1.807) is 48.5 Å². The van der Waals surface area contributed by atoms with Gasteiger partial charge >= 0.3 is 11.8 Å². The minimum absolute atomic E-state index is 0.0658. The van der Waals surface area contributed by atoms with Crippen LogP contribution in [0.4, 0.5) is 0 Å². The van der Waals surface area contributed by atoms with E-state index in [1.807, 2.05) is 18.2 Å².